The van der Waals surface area contributed by atoms with Gasteiger partial charge in [0.15, 0.2) is 13.3 Å². The van der Waals surface area contributed by atoms with Gasteiger partial charge in [0, 0.05) is 0 Å². The molecule has 16 heavy (non-hydrogen) atoms. The Morgan fingerprint density at radius 1 is 1.38 bits per heavy atom. The molecule has 1 aliphatic rings. The van der Waals surface area contributed by atoms with Crippen LogP contribution in [0.1, 0.15) is 0 Å². The predicted octanol–water partition coefficient (Wildman–Crippen LogP) is 2.34. The summed E-state index contributed by atoms with van der Waals surface area (Å²) in [6, 6.07) is 0. The molecule has 1 aliphatic heterocycles. The van der Waals surface area contributed by atoms with Crippen LogP contribution in [0.3, 0.4) is 0 Å². The van der Waals surface area contributed by atoms with Gasteiger partial charge >= 0.3 is 18.1 Å². The molecule has 0 aromatic heterocycles. The Morgan fingerprint density at radius 3 is 2.31 bits per heavy atom. The predicted molar refractivity (Wildman–Crippen MR) is 37.0 cm³/mol. The van der Waals surface area contributed by atoms with Crippen molar-refractivity contribution in [2.45, 2.75) is 18.1 Å². The lowest BCUT2D eigenvalue weighted by molar-refractivity contribution is -0.439. The minimum atomic E-state index is -5.08. The summed E-state index contributed by atoms with van der Waals surface area (Å²) in [5.41, 5.74) is 0. The van der Waals surface area contributed by atoms with Crippen LogP contribution in [-0.2, 0) is 14.2 Å². The molecule has 9 heteroatoms. The molecule has 1 fully saturated rings. The van der Waals surface area contributed by atoms with Gasteiger partial charge in [0.05, 0.1) is 0 Å². The Balaban J connectivity index is 2.81. The molecule has 0 aromatic carbocycles. The van der Waals surface area contributed by atoms with Crippen molar-refractivity contribution >= 4 is 0 Å². The molecule has 0 bridgehead atoms. The average molecular weight is 252 g/mol. The van der Waals surface area contributed by atoms with Crippen molar-refractivity contribution in [2.75, 3.05) is 13.3 Å². The van der Waals surface area contributed by atoms with Crippen molar-refractivity contribution in [3.05, 3.63) is 12.5 Å². The zero-order chi connectivity index (χ0) is 12.6. The Labute approximate surface area is 85.6 Å². The van der Waals surface area contributed by atoms with Crippen molar-refractivity contribution in [1.82, 2.24) is 0 Å². The van der Waals surface area contributed by atoms with Gasteiger partial charge in [-0.2, -0.15) is 22.0 Å². The first-order valence-corrected chi connectivity index (χ1v) is 3.83. The smallest absolute Gasteiger partial charge is 0.434 e. The van der Waals surface area contributed by atoms with Gasteiger partial charge in [-0.3, -0.25) is 0 Å². The molecule has 0 radical (unpaired) electrons. The normalized spacial score (nSPS) is 26.5. The maximum absolute atomic E-state index is 13.3. The van der Waals surface area contributed by atoms with Crippen LogP contribution in [0.4, 0.5) is 26.3 Å². The largest absolute Gasteiger partial charge is 0.458 e. The highest BCUT2D eigenvalue weighted by atomic mass is 19.3. The molecule has 1 saturated heterocycles. The maximum atomic E-state index is 13.3. The topological polar surface area (TPSA) is 27.7 Å². The molecule has 0 aliphatic carbocycles. The Kier molecular flexibility index (Phi) is 3.01. The summed E-state index contributed by atoms with van der Waals surface area (Å²) in [6.45, 7) is -1.07. The van der Waals surface area contributed by atoms with Gasteiger partial charge in [0.1, 0.15) is 0 Å². The average Bonchev–Trinajstić information content (AvgIpc) is 2.46. The van der Waals surface area contributed by atoms with E-state index in [1.807, 2.05) is 0 Å². The number of halogens is 6. The highest BCUT2D eigenvalue weighted by Gasteiger charge is 2.66. The quantitative estimate of drug-likeness (QED) is 0.719. The van der Waals surface area contributed by atoms with Gasteiger partial charge in [-0.1, -0.05) is 0 Å². The monoisotopic (exact) mass is 252 g/mol. The lowest BCUT2D eigenvalue weighted by Crippen LogP contribution is -2.51. The Bertz CT molecular complexity index is 294. The van der Waals surface area contributed by atoms with Crippen LogP contribution in [0.25, 0.3) is 0 Å². The van der Waals surface area contributed by atoms with Crippen LogP contribution < -0.4 is 0 Å². The summed E-state index contributed by atoms with van der Waals surface area (Å²) in [4.78, 5) is 0. The van der Waals surface area contributed by atoms with E-state index < -0.39 is 37.3 Å². The fourth-order valence-electron chi connectivity index (χ4n) is 0.847. The van der Waals surface area contributed by atoms with Crippen LogP contribution in [0.2, 0.25) is 0 Å². The molecule has 0 aromatic rings. The van der Waals surface area contributed by atoms with E-state index in [9.17, 15) is 26.3 Å². The first-order valence-electron chi connectivity index (χ1n) is 3.83. The molecule has 0 N–H and O–H groups in total. The molecular formula is C7H6F6O3. The van der Waals surface area contributed by atoms with Crippen LogP contribution >= 0.6 is 0 Å². The first kappa shape index (κ1) is 12.9. The summed E-state index contributed by atoms with van der Waals surface area (Å²) < 4.78 is 85.7. The third-order valence-electron chi connectivity index (χ3n) is 1.56. The van der Waals surface area contributed by atoms with Gasteiger partial charge in [0.25, 0.3) is 5.95 Å². The SMILES string of the molecule is C=C1OCC(F)(C(F)(F)OC(F)(F)CF)O1. The van der Waals surface area contributed by atoms with Crippen LogP contribution in [0.5, 0.6) is 0 Å². The third kappa shape index (κ3) is 2.34. The van der Waals surface area contributed by atoms with E-state index in [2.05, 4.69) is 20.8 Å². The van der Waals surface area contributed by atoms with Gasteiger partial charge in [-0.05, 0) is 6.58 Å². The third-order valence-corrected chi connectivity index (χ3v) is 1.56. The maximum Gasteiger partial charge on any atom is 0.434 e. The Hall–Kier alpha value is -1.12. The highest BCUT2D eigenvalue weighted by molar-refractivity contribution is 4.91. The summed E-state index contributed by atoms with van der Waals surface area (Å²) in [5, 5.41) is 0. The second kappa shape index (κ2) is 3.72. The number of alkyl halides is 6. The molecule has 0 spiro atoms. The number of rotatable bonds is 4. The summed E-state index contributed by atoms with van der Waals surface area (Å²) >= 11 is 0. The number of ether oxygens (including phenoxy) is 3. The Morgan fingerprint density at radius 2 is 1.94 bits per heavy atom. The van der Waals surface area contributed by atoms with Crippen LogP contribution in [0.15, 0.2) is 12.5 Å². The van der Waals surface area contributed by atoms with E-state index >= 15 is 0 Å². The lowest BCUT2D eigenvalue weighted by atomic mass is 10.3. The molecule has 0 saturated carbocycles. The second-order valence-corrected chi connectivity index (χ2v) is 2.88. The molecule has 0 amide bonds. The van der Waals surface area contributed by atoms with E-state index in [-0.39, 0.29) is 0 Å². The fraction of sp³-hybridized carbons (Fsp3) is 0.714. The highest BCUT2D eigenvalue weighted by Crippen LogP contribution is 2.43. The molecule has 1 atom stereocenters. The zero-order valence-electron chi connectivity index (χ0n) is 7.61. The van der Waals surface area contributed by atoms with Gasteiger partial charge in [0.2, 0.25) is 0 Å². The van der Waals surface area contributed by atoms with Gasteiger partial charge < -0.3 is 9.47 Å². The van der Waals surface area contributed by atoms with E-state index in [0.29, 0.717) is 0 Å². The van der Waals surface area contributed by atoms with Crippen molar-refractivity contribution in [1.29, 1.82) is 0 Å². The van der Waals surface area contributed by atoms with Crippen molar-refractivity contribution in [2.24, 2.45) is 0 Å². The van der Waals surface area contributed by atoms with Gasteiger partial charge in [-0.15, -0.1) is 0 Å². The molecule has 94 valence electrons. The second-order valence-electron chi connectivity index (χ2n) is 2.88. The fourth-order valence-corrected chi connectivity index (χ4v) is 0.847. The summed E-state index contributed by atoms with van der Waals surface area (Å²) in [7, 11) is 0. The molecule has 1 rings (SSSR count). The number of hydrogen-bond acceptors (Lipinski definition) is 3. The van der Waals surface area contributed by atoms with Crippen molar-refractivity contribution in [3.63, 3.8) is 0 Å². The summed E-state index contributed by atoms with van der Waals surface area (Å²) in [6.07, 6.45) is -9.90. The van der Waals surface area contributed by atoms with Gasteiger partial charge in [-0.25, -0.2) is 9.13 Å². The minimum Gasteiger partial charge on any atom is -0.458 e. The van der Waals surface area contributed by atoms with Crippen molar-refractivity contribution < 1.29 is 40.6 Å². The summed E-state index contributed by atoms with van der Waals surface area (Å²) in [5.74, 6) is -4.77. The van der Waals surface area contributed by atoms with Crippen LogP contribution in [-0.4, -0.2) is 31.4 Å². The van der Waals surface area contributed by atoms with Crippen LogP contribution in [0, 0.1) is 0 Å². The lowest BCUT2D eigenvalue weighted by Gasteiger charge is -2.28. The van der Waals surface area contributed by atoms with Crippen molar-refractivity contribution in [3.8, 4) is 0 Å². The molecular weight excluding hydrogens is 246 g/mol. The first-order chi connectivity index (χ1) is 7.12. The van der Waals surface area contributed by atoms with E-state index in [1.165, 1.54) is 0 Å². The number of hydrogen-bond donors (Lipinski definition) is 0. The molecule has 1 unspecified atom stereocenters. The van der Waals surface area contributed by atoms with E-state index in [0.717, 1.165) is 0 Å². The van der Waals surface area contributed by atoms with E-state index in [1.54, 1.807) is 0 Å². The molecule has 1 heterocycles. The molecule has 3 nitrogen and oxygen atoms in total. The van der Waals surface area contributed by atoms with E-state index in [4.69, 9.17) is 0 Å². The standard InChI is InChI=1S/C7H6F6O3/c1-4-14-3-5(9,15-4)7(12,13)16-6(10,11)2-8/h1-3H2. The minimum absolute atomic E-state index is 0.811. The zero-order valence-corrected chi connectivity index (χ0v) is 7.61.